The second-order valence-electron chi connectivity index (χ2n) is 8.56. The number of hydrogen-bond acceptors (Lipinski definition) is 5. The van der Waals surface area contributed by atoms with Crippen LogP contribution in [-0.4, -0.2) is 42.2 Å². The van der Waals surface area contributed by atoms with Crippen LogP contribution in [0.15, 0.2) is 42.0 Å². The van der Waals surface area contributed by atoms with Gasteiger partial charge in [-0.25, -0.2) is 13.8 Å². The fourth-order valence-corrected chi connectivity index (χ4v) is 4.58. The molecular formula is C22H24F2N2O4. The predicted octanol–water partition coefficient (Wildman–Crippen LogP) is 3.77. The molecule has 1 aromatic rings. The van der Waals surface area contributed by atoms with Crippen molar-refractivity contribution < 1.29 is 27.8 Å². The highest BCUT2D eigenvalue weighted by Crippen LogP contribution is 2.48. The molecule has 1 N–H and O–H groups in total. The van der Waals surface area contributed by atoms with E-state index in [4.69, 9.17) is 14.2 Å². The molecule has 30 heavy (non-hydrogen) atoms. The van der Waals surface area contributed by atoms with Crippen molar-refractivity contribution in [3.63, 3.8) is 0 Å². The molecule has 1 amide bonds. The van der Waals surface area contributed by atoms with Gasteiger partial charge in [-0.2, -0.15) is 0 Å². The molecule has 0 saturated carbocycles. The van der Waals surface area contributed by atoms with E-state index in [0.29, 0.717) is 25.6 Å². The number of carbonyl (C=O) groups is 1. The molecule has 4 aliphatic rings. The van der Waals surface area contributed by atoms with Crippen molar-refractivity contribution in [2.24, 2.45) is 11.8 Å². The molecule has 6 nitrogen and oxygen atoms in total. The van der Waals surface area contributed by atoms with E-state index in [9.17, 15) is 13.6 Å². The normalized spacial score (nSPS) is 34.0. The van der Waals surface area contributed by atoms with Gasteiger partial charge in [0.05, 0.1) is 0 Å². The van der Waals surface area contributed by atoms with Crippen LogP contribution in [0, 0.1) is 11.8 Å². The van der Waals surface area contributed by atoms with Crippen molar-refractivity contribution in [1.29, 1.82) is 0 Å². The molecule has 5 rings (SSSR count). The molecule has 8 heteroatoms. The molecule has 0 aromatic carbocycles. The Balaban J connectivity index is 1.25. The molecule has 2 aliphatic heterocycles. The van der Waals surface area contributed by atoms with Crippen LogP contribution >= 0.6 is 0 Å². The second kappa shape index (κ2) is 7.34. The molecule has 0 bridgehead atoms. The first kappa shape index (κ1) is 19.5. The van der Waals surface area contributed by atoms with Crippen LogP contribution in [0.5, 0.6) is 0 Å². The minimum absolute atomic E-state index is 0.0431. The van der Waals surface area contributed by atoms with Gasteiger partial charge in [-0.3, -0.25) is 4.79 Å². The molecule has 3 heterocycles. The van der Waals surface area contributed by atoms with E-state index >= 15 is 0 Å². The van der Waals surface area contributed by atoms with Crippen molar-refractivity contribution in [3.8, 4) is 0 Å². The number of anilines is 1. The average Bonchev–Trinajstić information content (AvgIpc) is 3.07. The first-order chi connectivity index (χ1) is 14.4. The zero-order valence-electron chi connectivity index (χ0n) is 16.6. The molecule has 2 aliphatic carbocycles. The lowest BCUT2D eigenvalue weighted by Gasteiger charge is -2.35. The summed E-state index contributed by atoms with van der Waals surface area (Å²) in [5, 5.41) is 2.54. The van der Waals surface area contributed by atoms with E-state index in [1.807, 2.05) is 6.07 Å². The number of alkyl halides is 2. The maximum Gasteiger partial charge on any atom is 0.297 e. The first-order valence-corrected chi connectivity index (χ1v) is 10.3. The summed E-state index contributed by atoms with van der Waals surface area (Å²) in [4.78, 5) is 16.6. The Hall–Kier alpha value is -2.48. The molecule has 1 spiro atoms. The number of halogens is 2. The SMILES string of the molecule is CC1CC2=C(CC1c1ccc(NC(=O)C3C(F)C=CCC3F)nc1)OC1(COC1)O2. The van der Waals surface area contributed by atoms with Crippen LogP contribution in [-0.2, 0) is 19.0 Å². The number of rotatable bonds is 3. The monoisotopic (exact) mass is 418 g/mol. The van der Waals surface area contributed by atoms with Crippen LogP contribution < -0.4 is 5.32 Å². The number of allylic oxidation sites excluding steroid dienone is 4. The van der Waals surface area contributed by atoms with Crippen molar-refractivity contribution in [2.45, 2.75) is 50.2 Å². The Bertz CT molecular complexity index is 897. The maximum atomic E-state index is 14.0. The van der Waals surface area contributed by atoms with Gasteiger partial charge in [0, 0.05) is 19.0 Å². The highest BCUT2D eigenvalue weighted by atomic mass is 19.1. The number of aromatic nitrogens is 1. The summed E-state index contributed by atoms with van der Waals surface area (Å²) >= 11 is 0. The highest BCUT2D eigenvalue weighted by molar-refractivity contribution is 5.92. The fraction of sp³-hybridized carbons (Fsp3) is 0.545. The van der Waals surface area contributed by atoms with Gasteiger partial charge >= 0.3 is 0 Å². The van der Waals surface area contributed by atoms with Gasteiger partial charge in [-0.1, -0.05) is 25.1 Å². The lowest BCUT2D eigenvalue weighted by Crippen LogP contribution is -2.51. The topological polar surface area (TPSA) is 69.7 Å². The van der Waals surface area contributed by atoms with Gasteiger partial charge < -0.3 is 19.5 Å². The quantitative estimate of drug-likeness (QED) is 0.757. The van der Waals surface area contributed by atoms with Crippen LogP contribution in [0.25, 0.3) is 0 Å². The Morgan fingerprint density at radius 1 is 1.20 bits per heavy atom. The Labute approximate surface area is 173 Å². The van der Waals surface area contributed by atoms with Crippen LogP contribution in [0.2, 0.25) is 0 Å². The third-order valence-corrected chi connectivity index (χ3v) is 6.36. The molecule has 1 aromatic heterocycles. The van der Waals surface area contributed by atoms with E-state index in [0.717, 1.165) is 23.5 Å². The zero-order chi connectivity index (χ0) is 20.9. The summed E-state index contributed by atoms with van der Waals surface area (Å²) in [6.07, 6.45) is 2.75. The Morgan fingerprint density at radius 2 is 1.97 bits per heavy atom. The van der Waals surface area contributed by atoms with Crippen LogP contribution in [0.3, 0.4) is 0 Å². The summed E-state index contributed by atoms with van der Waals surface area (Å²) in [6, 6.07) is 3.57. The fourth-order valence-electron chi connectivity index (χ4n) is 4.58. The minimum Gasteiger partial charge on any atom is -0.449 e. The van der Waals surface area contributed by atoms with Crippen LogP contribution in [0.4, 0.5) is 14.6 Å². The third kappa shape index (κ3) is 3.37. The van der Waals surface area contributed by atoms with Gasteiger partial charge in [-0.05, 0) is 29.9 Å². The molecule has 5 atom stereocenters. The maximum absolute atomic E-state index is 14.0. The van der Waals surface area contributed by atoms with Crippen LogP contribution in [0.1, 0.15) is 37.7 Å². The molecule has 160 valence electrons. The van der Waals surface area contributed by atoms with E-state index in [2.05, 4.69) is 17.2 Å². The first-order valence-electron chi connectivity index (χ1n) is 10.3. The van der Waals surface area contributed by atoms with Gasteiger partial charge in [0.2, 0.25) is 5.91 Å². The average molecular weight is 418 g/mol. The van der Waals surface area contributed by atoms with Crippen molar-refractivity contribution in [2.75, 3.05) is 18.5 Å². The van der Waals surface area contributed by atoms with Crippen molar-refractivity contribution in [3.05, 3.63) is 47.6 Å². The third-order valence-electron chi connectivity index (χ3n) is 6.36. The summed E-state index contributed by atoms with van der Waals surface area (Å²) in [5.41, 5.74) is 1.02. The molecule has 1 fully saturated rings. The summed E-state index contributed by atoms with van der Waals surface area (Å²) in [6.45, 7) is 3.06. The number of hydrogen-bond donors (Lipinski definition) is 1. The summed E-state index contributed by atoms with van der Waals surface area (Å²) in [7, 11) is 0. The standard InChI is InChI=1S/C22H24F2N2O4/c1-12-7-17-18(30-22(29-17)10-28-11-22)8-14(12)13-5-6-19(25-9-13)26-21(27)20-15(23)3-2-4-16(20)24/h2-3,5-6,9,12,14-16,20H,4,7-8,10-11H2,1H3,(H,25,26,27). The summed E-state index contributed by atoms with van der Waals surface area (Å²) < 4.78 is 45.2. The smallest absolute Gasteiger partial charge is 0.297 e. The summed E-state index contributed by atoms with van der Waals surface area (Å²) in [5.74, 6) is -0.0367. The number of nitrogens with one attached hydrogen (secondary N) is 1. The highest BCUT2D eigenvalue weighted by Gasteiger charge is 2.51. The van der Waals surface area contributed by atoms with E-state index in [-0.39, 0.29) is 18.2 Å². The number of nitrogens with zero attached hydrogens (tertiary/aromatic N) is 1. The van der Waals surface area contributed by atoms with Gasteiger partial charge in [0.25, 0.3) is 5.79 Å². The van der Waals surface area contributed by atoms with Gasteiger partial charge in [0.1, 0.15) is 48.8 Å². The molecular weight excluding hydrogens is 394 g/mol. The van der Waals surface area contributed by atoms with E-state index < -0.39 is 30.0 Å². The Kier molecular flexibility index (Phi) is 4.76. The van der Waals surface area contributed by atoms with Crippen molar-refractivity contribution >= 4 is 11.7 Å². The number of amides is 1. The molecule has 1 saturated heterocycles. The molecule has 0 radical (unpaired) electrons. The predicted molar refractivity (Wildman–Crippen MR) is 104 cm³/mol. The van der Waals surface area contributed by atoms with Gasteiger partial charge in [-0.15, -0.1) is 0 Å². The second-order valence-corrected chi connectivity index (χ2v) is 8.56. The van der Waals surface area contributed by atoms with E-state index in [1.54, 1.807) is 12.3 Å². The lowest BCUT2D eigenvalue weighted by molar-refractivity contribution is -0.290. The number of pyridine rings is 1. The Morgan fingerprint density at radius 3 is 2.60 bits per heavy atom. The minimum atomic E-state index is -1.63. The largest absolute Gasteiger partial charge is 0.449 e. The van der Waals surface area contributed by atoms with E-state index in [1.165, 1.54) is 12.2 Å². The van der Waals surface area contributed by atoms with Crippen molar-refractivity contribution in [1.82, 2.24) is 4.98 Å². The van der Waals surface area contributed by atoms with Gasteiger partial charge in [0.15, 0.2) is 0 Å². The number of ether oxygens (including phenoxy) is 3. The molecule has 5 unspecified atom stereocenters. The number of carbonyl (C=O) groups excluding carboxylic acids is 1. The lowest BCUT2D eigenvalue weighted by atomic mass is 9.79. The zero-order valence-corrected chi connectivity index (χ0v) is 16.6.